The highest BCUT2D eigenvalue weighted by Gasteiger charge is 2.23. The molecular formula is C13H19ClN2O2. The van der Waals surface area contributed by atoms with Crippen molar-refractivity contribution in [3.05, 3.63) is 28.8 Å². The van der Waals surface area contributed by atoms with E-state index in [9.17, 15) is 9.90 Å². The summed E-state index contributed by atoms with van der Waals surface area (Å²) in [6, 6.07) is 4.74. The highest BCUT2D eigenvalue weighted by Crippen LogP contribution is 2.19. The van der Waals surface area contributed by atoms with Crippen LogP contribution in [0.4, 0.5) is 5.69 Å². The number of carbonyl (C=O) groups is 1. The van der Waals surface area contributed by atoms with Crippen LogP contribution in [0, 0.1) is 0 Å². The fourth-order valence-corrected chi connectivity index (χ4v) is 1.76. The normalized spacial score (nSPS) is 11.3. The van der Waals surface area contributed by atoms with Crippen molar-refractivity contribution in [2.24, 2.45) is 0 Å². The molecule has 0 heterocycles. The van der Waals surface area contributed by atoms with Crippen molar-refractivity contribution < 1.29 is 9.90 Å². The summed E-state index contributed by atoms with van der Waals surface area (Å²) in [6.07, 6.45) is 1.16. The van der Waals surface area contributed by atoms with E-state index in [4.69, 9.17) is 17.3 Å². The Labute approximate surface area is 112 Å². The third kappa shape index (κ3) is 3.62. The summed E-state index contributed by atoms with van der Waals surface area (Å²) in [5.41, 5.74) is 5.54. The largest absolute Gasteiger partial charge is 0.399 e. The van der Waals surface area contributed by atoms with Crippen molar-refractivity contribution in [3.63, 3.8) is 0 Å². The number of amides is 1. The van der Waals surface area contributed by atoms with Gasteiger partial charge >= 0.3 is 0 Å². The smallest absolute Gasteiger partial charge is 0.252 e. The number of halogens is 1. The second kappa shape index (κ2) is 6.07. The zero-order valence-electron chi connectivity index (χ0n) is 10.7. The number of hydrogen-bond acceptors (Lipinski definition) is 3. The van der Waals surface area contributed by atoms with Gasteiger partial charge in [-0.15, -0.1) is 0 Å². The van der Waals surface area contributed by atoms with Crippen LogP contribution in [0.3, 0.4) is 0 Å². The number of nitrogens with one attached hydrogen (secondary N) is 1. The zero-order chi connectivity index (χ0) is 13.8. The van der Waals surface area contributed by atoms with E-state index in [1.807, 2.05) is 13.8 Å². The molecule has 0 aromatic heterocycles. The molecule has 0 saturated carbocycles. The molecule has 0 spiro atoms. The van der Waals surface area contributed by atoms with Crippen LogP contribution in [0.25, 0.3) is 0 Å². The van der Waals surface area contributed by atoms with E-state index >= 15 is 0 Å². The molecule has 0 saturated heterocycles. The molecule has 5 heteroatoms. The van der Waals surface area contributed by atoms with E-state index in [1.54, 1.807) is 12.1 Å². The first kappa shape index (κ1) is 14.8. The van der Waals surface area contributed by atoms with Gasteiger partial charge in [0.25, 0.3) is 5.91 Å². The van der Waals surface area contributed by atoms with E-state index in [2.05, 4.69) is 5.32 Å². The topological polar surface area (TPSA) is 75.3 Å². The Bertz CT molecular complexity index is 431. The molecule has 1 aromatic carbocycles. The molecular weight excluding hydrogens is 252 g/mol. The summed E-state index contributed by atoms with van der Waals surface area (Å²) in [4.78, 5) is 11.9. The number of benzene rings is 1. The molecule has 0 aliphatic rings. The van der Waals surface area contributed by atoms with E-state index in [0.29, 0.717) is 29.1 Å². The summed E-state index contributed by atoms with van der Waals surface area (Å²) in [7, 11) is 0. The zero-order valence-corrected chi connectivity index (χ0v) is 11.4. The molecule has 1 amide bonds. The quantitative estimate of drug-likeness (QED) is 0.718. The van der Waals surface area contributed by atoms with E-state index < -0.39 is 5.60 Å². The lowest BCUT2D eigenvalue weighted by atomic mass is 9.97. The molecule has 0 atom stereocenters. The lowest BCUT2D eigenvalue weighted by Crippen LogP contribution is -2.42. The molecule has 0 aliphatic carbocycles. The number of rotatable bonds is 5. The minimum atomic E-state index is -0.873. The van der Waals surface area contributed by atoms with Crippen LogP contribution in [0.15, 0.2) is 18.2 Å². The van der Waals surface area contributed by atoms with Crippen LogP contribution >= 0.6 is 11.6 Å². The predicted molar refractivity (Wildman–Crippen MR) is 73.7 cm³/mol. The maximum atomic E-state index is 11.9. The molecule has 0 aliphatic heterocycles. The number of anilines is 1. The number of nitrogens with two attached hydrogens (primary N) is 1. The molecule has 0 unspecified atom stereocenters. The SMILES string of the molecule is CCC(O)(CC)CNC(=O)c1cc(N)ccc1Cl. The monoisotopic (exact) mass is 270 g/mol. The van der Waals surface area contributed by atoms with Crippen LogP contribution in [0.5, 0.6) is 0 Å². The van der Waals surface area contributed by atoms with E-state index in [0.717, 1.165) is 0 Å². The van der Waals surface area contributed by atoms with E-state index in [-0.39, 0.29) is 12.5 Å². The Kier molecular flexibility index (Phi) is 4.99. The number of hydrogen-bond donors (Lipinski definition) is 3. The van der Waals surface area contributed by atoms with Gasteiger partial charge in [-0.1, -0.05) is 25.4 Å². The van der Waals surface area contributed by atoms with Crippen molar-refractivity contribution in [1.82, 2.24) is 5.32 Å². The Morgan fingerprint density at radius 3 is 2.61 bits per heavy atom. The highest BCUT2D eigenvalue weighted by molar-refractivity contribution is 6.34. The van der Waals surface area contributed by atoms with Crippen molar-refractivity contribution in [1.29, 1.82) is 0 Å². The molecule has 4 nitrogen and oxygen atoms in total. The van der Waals surface area contributed by atoms with Crippen LogP contribution in [0.1, 0.15) is 37.0 Å². The van der Waals surface area contributed by atoms with Gasteiger partial charge in [-0.3, -0.25) is 4.79 Å². The summed E-state index contributed by atoms with van der Waals surface area (Å²) < 4.78 is 0. The molecule has 0 fully saturated rings. The maximum absolute atomic E-state index is 11.9. The number of nitrogen functional groups attached to an aromatic ring is 1. The first-order chi connectivity index (χ1) is 8.41. The average Bonchev–Trinajstić information content (AvgIpc) is 2.38. The summed E-state index contributed by atoms with van der Waals surface area (Å²) in [6.45, 7) is 3.95. The van der Waals surface area contributed by atoms with Crippen LogP contribution in [-0.4, -0.2) is 23.2 Å². The van der Waals surface area contributed by atoms with Crippen LogP contribution in [0.2, 0.25) is 5.02 Å². The lowest BCUT2D eigenvalue weighted by Gasteiger charge is -2.25. The van der Waals surface area contributed by atoms with Gasteiger partial charge in [0.15, 0.2) is 0 Å². The second-order valence-electron chi connectivity index (χ2n) is 4.35. The molecule has 0 radical (unpaired) electrons. The van der Waals surface area contributed by atoms with Gasteiger partial charge in [0.1, 0.15) is 0 Å². The van der Waals surface area contributed by atoms with Gasteiger partial charge in [-0.2, -0.15) is 0 Å². The minimum Gasteiger partial charge on any atom is -0.399 e. The predicted octanol–water partition coefficient (Wildman–Crippen LogP) is 2.20. The molecule has 1 rings (SSSR count). The average molecular weight is 271 g/mol. The lowest BCUT2D eigenvalue weighted by molar-refractivity contribution is 0.0314. The molecule has 18 heavy (non-hydrogen) atoms. The minimum absolute atomic E-state index is 0.198. The van der Waals surface area contributed by atoms with Crippen molar-refractivity contribution >= 4 is 23.2 Å². The van der Waals surface area contributed by atoms with Crippen molar-refractivity contribution in [2.45, 2.75) is 32.3 Å². The first-order valence-electron chi connectivity index (χ1n) is 5.97. The standard InChI is InChI=1S/C13H19ClN2O2/c1-3-13(18,4-2)8-16-12(17)10-7-9(15)5-6-11(10)14/h5-7,18H,3-4,8,15H2,1-2H3,(H,16,17). The Balaban J connectivity index is 2.74. The first-order valence-corrected chi connectivity index (χ1v) is 6.35. The molecule has 0 bridgehead atoms. The highest BCUT2D eigenvalue weighted by atomic mass is 35.5. The fraction of sp³-hybridized carbons (Fsp3) is 0.462. The third-order valence-corrected chi connectivity index (χ3v) is 3.46. The van der Waals surface area contributed by atoms with Crippen molar-refractivity contribution in [2.75, 3.05) is 12.3 Å². The van der Waals surface area contributed by atoms with E-state index in [1.165, 1.54) is 6.07 Å². The van der Waals surface area contributed by atoms with Gasteiger partial charge in [-0.05, 0) is 31.0 Å². The summed E-state index contributed by atoms with van der Waals surface area (Å²) in [5, 5.41) is 13.1. The molecule has 100 valence electrons. The number of carbonyl (C=O) groups excluding carboxylic acids is 1. The fourth-order valence-electron chi connectivity index (χ4n) is 1.56. The Morgan fingerprint density at radius 2 is 2.06 bits per heavy atom. The van der Waals surface area contributed by atoms with Gasteiger partial charge in [0, 0.05) is 12.2 Å². The molecule has 1 aromatic rings. The maximum Gasteiger partial charge on any atom is 0.252 e. The second-order valence-corrected chi connectivity index (χ2v) is 4.76. The van der Waals surface area contributed by atoms with Crippen LogP contribution < -0.4 is 11.1 Å². The summed E-state index contributed by atoms with van der Waals surface area (Å²) in [5.74, 6) is -0.326. The Morgan fingerprint density at radius 1 is 1.44 bits per heavy atom. The molecule has 4 N–H and O–H groups in total. The third-order valence-electron chi connectivity index (χ3n) is 3.13. The number of aliphatic hydroxyl groups is 1. The Hall–Kier alpha value is -1.26. The van der Waals surface area contributed by atoms with Crippen LogP contribution in [-0.2, 0) is 0 Å². The van der Waals surface area contributed by atoms with Crippen molar-refractivity contribution in [3.8, 4) is 0 Å². The van der Waals surface area contributed by atoms with Gasteiger partial charge in [0.2, 0.25) is 0 Å². The van der Waals surface area contributed by atoms with Gasteiger partial charge in [0.05, 0.1) is 16.2 Å². The summed E-state index contributed by atoms with van der Waals surface area (Å²) >= 11 is 5.93. The van der Waals surface area contributed by atoms with Gasteiger partial charge < -0.3 is 16.2 Å². The van der Waals surface area contributed by atoms with Gasteiger partial charge in [-0.25, -0.2) is 0 Å².